The van der Waals surface area contributed by atoms with E-state index in [4.69, 9.17) is 14.2 Å². The van der Waals surface area contributed by atoms with E-state index in [9.17, 15) is 19.2 Å². The van der Waals surface area contributed by atoms with Gasteiger partial charge in [-0.1, -0.05) is 6.07 Å². The average molecular weight is 476 g/mol. The van der Waals surface area contributed by atoms with Crippen molar-refractivity contribution < 1.29 is 33.4 Å². The van der Waals surface area contributed by atoms with Crippen LogP contribution < -0.4 is 14.8 Å². The van der Waals surface area contributed by atoms with Gasteiger partial charge in [-0.25, -0.2) is 0 Å². The maximum absolute atomic E-state index is 12.8. The molecule has 0 spiro atoms. The van der Waals surface area contributed by atoms with Crippen LogP contribution >= 0.6 is 11.8 Å². The Morgan fingerprint density at radius 3 is 2.67 bits per heavy atom. The maximum atomic E-state index is 12.8. The Labute approximate surface area is 195 Å². The first-order valence-corrected chi connectivity index (χ1v) is 11.5. The minimum absolute atomic E-state index is 0.123. The fourth-order valence-electron chi connectivity index (χ4n) is 3.37. The fourth-order valence-corrected chi connectivity index (χ4v) is 4.21. The first-order valence-electron chi connectivity index (χ1n) is 10.7. The van der Waals surface area contributed by atoms with Crippen LogP contribution in [0, 0.1) is 0 Å². The van der Waals surface area contributed by atoms with Crippen molar-refractivity contribution in [2.45, 2.75) is 18.9 Å². The molecule has 1 saturated carbocycles. The summed E-state index contributed by atoms with van der Waals surface area (Å²) in [4.78, 5) is 52.2. The third kappa shape index (κ3) is 5.85. The number of hydrogen-bond acceptors (Lipinski definition) is 8. The Morgan fingerprint density at radius 2 is 1.97 bits per heavy atom. The SMILES string of the molecule is COc1cc(/C=C2\SC(=O)N(CC(=O)N3CCOCC3)C2=O)ccc1OCC(=O)NC1CC1. The van der Waals surface area contributed by atoms with Gasteiger partial charge in [-0.3, -0.25) is 24.1 Å². The maximum Gasteiger partial charge on any atom is 0.294 e. The zero-order valence-electron chi connectivity index (χ0n) is 18.2. The predicted molar refractivity (Wildman–Crippen MR) is 120 cm³/mol. The highest BCUT2D eigenvalue weighted by Crippen LogP contribution is 2.34. The molecule has 0 atom stereocenters. The van der Waals surface area contributed by atoms with Gasteiger partial charge in [-0.2, -0.15) is 0 Å². The highest BCUT2D eigenvalue weighted by atomic mass is 32.2. The average Bonchev–Trinajstić information content (AvgIpc) is 3.60. The largest absolute Gasteiger partial charge is 0.493 e. The molecule has 2 saturated heterocycles. The molecule has 0 bridgehead atoms. The second-order valence-electron chi connectivity index (χ2n) is 7.80. The molecule has 0 radical (unpaired) electrons. The van der Waals surface area contributed by atoms with Crippen molar-refractivity contribution >= 4 is 40.8 Å². The van der Waals surface area contributed by atoms with Crippen LogP contribution in [0.25, 0.3) is 6.08 Å². The van der Waals surface area contributed by atoms with Crippen LogP contribution in [0.4, 0.5) is 4.79 Å². The van der Waals surface area contributed by atoms with Gasteiger partial charge in [0.1, 0.15) is 6.54 Å². The van der Waals surface area contributed by atoms with Gasteiger partial charge in [0.15, 0.2) is 18.1 Å². The molecule has 1 aromatic carbocycles. The number of benzene rings is 1. The smallest absolute Gasteiger partial charge is 0.294 e. The Hall–Kier alpha value is -3.05. The quantitative estimate of drug-likeness (QED) is 0.559. The lowest BCUT2D eigenvalue weighted by Gasteiger charge is -2.28. The summed E-state index contributed by atoms with van der Waals surface area (Å²) >= 11 is 0.787. The van der Waals surface area contributed by atoms with Crippen molar-refractivity contribution in [3.8, 4) is 11.5 Å². The highest BCUT2D eigenvalue weighted by Gasteiger charge is 2.37. The molecular weight excluding hydrogens is 450 g/mol. The van der Waals surface area contributed by atoms with Gasteiger partial charge in [0.25, 0.3) is 17.1 Å². The molecule has 3 aliphatic rings. The van der Waals surface area contributed by atoms with E-state index in [0.717, 1.165) is 29.5 Å². The van der Waals surface area contributed by atoms with E-state index in [-0.39, 0.29) is 35.9 Å². The van der Waals surface area contributed by atoms with Crippen LogP contribution in [0.15, 0.2) is 23.1 Å². The summed E-state index contributed by atoms with van der Waals surface area (Å²) in [7, 11) is 1.47. The van der Waals surface area contributed by atoms with E-state index < -0.39 is 11.1 Å². The van der Waals surface area contributed by atoms with E-state index in [1.165, 1.54) is 7.11 Å². The zero-order chi connectivity index (χ0) is 23.4. The molecule has 3 fully saturated rings. The summed E-state index contributed by atoms with van der Waals surface area (Å²) < 4.78 is 16.1. The number of nitrogens with zero attached hydrogens (tertiary/aromatic N) is 2. The lowest BCUT2D eigenvalue weighted by Crippen LogP contribution is -2.46. The molecular formula is C22H25N3O7S. The van der Waals surface area contributed by atoms with Crippen molar-refractivity contribution in [1.82, 2.24) is 15.1 Å². The highest BCUT2D eigenvalue weighted by molar-refractivity contribution is 8.18. The summed E-state index contributed by atoms with van der Waals surface area (Å²) in [6.07, 6.45) is 3.56. The number of hydrogen-bond donors (Lipinski definition) is 1. The van der Waals surface area contributed by atoms with E-state index >= 15 is 0 Å². The number of carbonyl (C=O) groups is 4. The second kappa shape index (κ2) is 10.3. The number of ether oxygens (including phenoxy) is 3. The minimum Gasteiger partial charge on any atom is -0.493 e. The standard InChI is InChI=1S/C22H25N3O7S/c1-30-17-10-14(2-5-16(17)32-13-19(26)23-15-3-4-15)11-18-21(28)25(22(29)33-18)12-20(27)24-6-8-31-9-7-24/h2,5,10-11,15H,3-4,6-9,12-13H2,1H3,(H,23,26)/b18-11-. The lowest BCUT2D eigenvalue weighted by atomic mass is 10.2. The van der Waals surface area contributed by atoms with Crippen LogP contribution in [0.1, 0.15) is 18.4 Å². The molecule has 33 heavy (non-hydrogen) atoms. The summed E-state index contributed by atoms with van der Waals surface area (Å²) in [6, 6.07) is 5.25. The van der Waals surface area contributed by atoms with Gasteiger partial charge in [0.2, 0.25) is 5.91 Å². The van der Waals surface area contributed by atoms with Crippen LogP contribution in [0.5, 0.6) is 11.5 Å². The summed E-state index contributed by atoms with van der Waals surface area (Å²) in [6.45, 7) is 1.37. The molecule has 10 nitrogen and oxygen atoms in total. The zero-order valence-corrected chi connectivity index (χ0v) is 19.0. The third-order valence-electron chi connectivity index (χ3n) is 5.32. The van der Waals surface area contributed by atoms with Crippen molar-refractivity contribution in [2.75, 3.05) is 46.6 Å². The van der Waals surface area contributed by atoms with Crippen LogP contribution in [0.3, 0.4) is 0 Å². The predicted octanol–water partition coefficient (Wildman–Crippen LogP) is 1.25. The van der Waals surface area contributed by atoms with Crippen molar-refractivity contribution in [1.29, 1.82) is 0 Å². The number of carbonyl (C=O) groups excluding carboxylic acids is 4. The molecule has 0 unspecified atom stereocenters. The summed E-state index contributed by atoms with van der Waals surface area (Å²) in [5, 5.41) is 2.36. The molecule has 2 aliphatic heterocycles. The van der Waals surface area contributed by atoms with Crippen molar-refractivity contribution in [3.05, 3.63) is 28.7 Å². The van der Waals surface area contributed by atoms with Gasteiger partial charge >= 0.3 is 0 Å². The Balaban J connectivity index is 1.39. The number of nitrogens with one attached hydrogen (secondary N) is 1. The molecule has 4 rings (SSSR count). The molecule has 176 valence electrons. The first kappa shape index (κ1) is 23.1. The Bertz CT molecular complexity index is 986. The molecule has 0 aromatic heterocycles. The van der Waals surface area contributed by atoms with Crippen LogP contribution in [-0.4, -0.2) is 85.4 Å². The molecule has 1 aliphatic carbocycles. The Kier molecular flexibility index (Phi) is 7.19. The van der Waals surface area contributed by atoms with E-state index in [2.05, 4.69) is 5.32 Å². The van der Waals surface area contributed by atoms with Gasteiger partial charge in [0.05, 0.1) is 25.2 Å². The molecule has 11 heteroatoms. The third-order valence-corrected chi connectivity index (χ3v) is 6.22. The van der Waals surface area contributed by atoms with Gasteiger partial charge in [-0.15, -0.1) is 0 Å². The monoisotopic (exact) mass is 475 g/mol. The van der Waals surface area contributed by atoms with Gasteiger partial charge in [-0.05, 0) is 48.4 Å². The second-order valence-corrected chi connectivity index (χ2v) is 8.79. The molecule has 2 heterocycles. The van der Waals surface area contributed by atoms with E-state index in [1.54, 1.807) is 29.2 Å². The van der Waals surface area contributed by atoms with Gasteiger partial charge in [0, 0.05) is 19.1 Å². The summed E-state index contributed by atoms with van der Waals surface area (Å²) in [5.41, 5.74) is 0.617. The molecule has 4 amide bonds. The van der Waals surface area contributed by atoms with E-state index in [0.29, 0.717) is 43.4 Å². The number of rotatable bonds is 8. The molecule has 1 N–H and O–H groups in total. The number of thioether (sulfide) groups is 1. The van der Waals surface area contributed by atoms with Crippen LogP contribution in [0.2, 0.25) is 0 Å². The van der Waals surface area contributed by atoms with Crippen LogP contribution in [-0.2, 0) is 19.1 Å². The van der Waals surface area contributed by atoms with Crippen molar-refractivity contribution in [3.63, 3.8) is 0 Å². The van der Waals surface area contributed by atoms with E-state index in [1.807, 2.05) is 0 Å². The number of imide groups is 1. The Morgan fingerprint density at radius 1 is 1.21 bits per heavy atom. The fraction of sp³-hybridized carbons (Fsp3) is 0.455. The summed E-state index contributed by atoms with van der Waals surface area (Å²) in [5.74, 6) is -0.197. The topological polar surface area (TPSA) is 114 Å². The number of morpholine rings is 1. The normalized spacial score (nSPS) is 19.7. The van der Waals surface area contributed by atoms with Crippen molar-refractivity contribution in [2.24, 2.45) is 0 Å². The minimum atomic E-state index is -0.511. The number of methoxy groups -OCH3 is 1. The first-order chi connectivity index (χ1) is 15.9. The lowest BCUT2D eigenvalue weighted by molar-refractivity contribution is -0.139. The van der Waals surface area contributed by atoms with Gasteiger partial charge < -0.3 is 24.4 Å². The molecule has 1 aromatic rings. The number of amides is 4.